The molecule has 0 amide bonds. The first-order valence-corrected chi connectivity index (χ1v) is 11.6. The van der Waals surface area contributed by atoms with Crippen LogP contribution in [-0.4, -0.2) is 12.6 Å². The summed E-state index contributed by atoms with van der Waals surface area (Å²) < 4.78 is 11.5. The summed E-state index contributed by atoms with van der Waals surface area (Å²) in [5.41, 5.74) is 10.3. The van der Waals surface area contributed by atoms with Crippen molar-refractivity contribution in [2.24, 2.45) is 11.8 Å². The summed E-state index contributed by atoms with van der Waals surface area (Å²) in [5, 5.41) is 0. The van der Waals surface area contributed by atoms with Crippen molar-refractivity contribution < 1.29 is 14.3 Å². The zero-order chi connectivity index (χ0) is 22.4. The topological polar surface area (TPSA) is 35.5 Å². The molecule has 0 N–H and O–H groups in total. The molecule has 3 heteroatoms. The highest BCUT2D eigenvalue weighted by Gasteiger charge is 2.60. The van der Waals surface area contributed by atoms with Crippen LogP contribution in [-0.2, 0) is 22.6 Å². The molecule has 0 aliphatic heterocycles. The molecule has 0 aromatic heterocycles. The van der Waals surface area contributed by atoms with E-state index in [-0.39, 0.29) is 11.9 Å². The fraction of sp³-hybridized carbons (Fsp3) is 0.345. The van der Waals surface area contributed by atoms with Gasteiger partial charge in [0.1, 0.15) is 12.4 Å². The minimum Gasteiger partial charge on any atom is -0.489 e. The maximum atomic E-state index is 12.1. The normalized spacial score (nSPS) is 20.4. The van der Waals surface area contributed by atoms with Crippen molar-refractivity contribution in [1.29, 1.82) is 0 Å². The standard InChI is InChI=1S/C29H30O3/c1-5-31-29(30)28-25-15-21-14-22(12-13-24(21)27(25)28)32-16-20-10-7-11-23(19(20)4)26-17(2)8-6-9-18(26)3/h6-14,25,27-28H,5,15-16H2,1-4H3/t25-,27+,28+/m1/s1. The van der Waals surface area contributed by atoms with Gasteiger partial charge in [0.2, 0.25) is 0 Å². The van der Waals surface area contributed by atoms with E-state index in [9.17, 15) is 4.79 Å². The van der Waals surface area contributed by atoms with Gasteiger partial charge in [-0.1, -0.05) is 42.5 Å². The number of aryl methyl sites for hydroxylation is 2. The third-order valence-corrected chi connectivity index (χ3v) is 7.25. The van der Waals surface area contributed by atoms with Gasteiger partial charge in [0, 0.05) is 5.92 Å². The Hall–Kier alpha value is -3.07. The molecular formula is C29H30O3. The molecular weight excluding hydrogens is 396 g/mol. The smallest absolute Gasteiger partial charge is 0.309 e. The van der Waals surface area contributed by atoms with Gasteiger partial charge in [-0.2, -0.15) is 0 Å². The van der Waals surface area contributed by atoms with Crippen LogP contribution in [0.5, 0.6) is 5.75 Å². The van der Waals surface area contributed by atoms with Crippen molar-refractivity contribution in [2.75, 3.05) is 6.61 Å². The largest absolute Gasteiger partial charge is 0.489 e. The first-order valence-electron chi connectivity index (χ1n) is 11.6. The average molecular weight is 427 g/mol. The lowest BCUT2D eigenvalue weighted by atomic mass is 9.91. The Bertz CT molecular complexity index is 1170. The molecule has 0 unspecified atom stereocenters. The molecule has 32 heavy (non-hydrogen) atoms. The number of hydrogen-bond donors (Lipinski definition) is 0. The molecule has 0 saturated heterocycles. The molecule has 0 heterocycles. The van der Waals surface area contributed by atoms with E-state index < -0.39 is 0 Å². The van der Waals surface area contributed by atoms with Crippen LogP contribution in [0.1, 0.15) is 46.2 Å². The molecule has 1 fully saturated rings. The second-order valence-electron chi connectivity index (χ2n) is 9.18. The second-order valence-corrected chi connectivity index (χ2v) is 9.18. The maximum Gasteiger partial charge on any atom is 0.309 e. The van der Waals surface area contributed by atoms with Gasteiger partial charge >= 0.3 is 5.97 Å². The highest BCUT2D eigenvalue weighted by molar-refractivity contribution is 5.80. The molecule has 0 spiro atoms. The van der Waals surface area contributed by atoms with Crippen LogP contribution in [0.3, 0.4) is 0 Å². The number of carbonyl (C=O) groups excluding carboxylic acids is 1. The Kier molecular flexibility index (Phi) is 5.28. The lowest BCUT2D eigenvalue weighted by molar-refractivity contribution is -0.145. The predicted molar refractivity (Wildman–Crippen MR) is 127 cm³/mol. The lowest BCUT2D eigenvalue weighted by Gasteiger charge is -2.16. The first kappa shape index (κ1) is 20.8. The molecule has 2 aliphatic rings. The average Bonchev–Trinajstić information content (AvgIpc) is 3.36. The van der Waals surface area contributed by atoms with Crippen molar-refractivity contribution in [3.8, 4) is 16.9 Å². The van der Waals surface area contributed by atoms with Crippen LogP contribution in [0.15, 0.2) is 54.6 Å². The Morgan fingerprint density at radius 2 is 1.75 bits per heavy atom. The molecule has 164 valence electrons. The summed E-state index contributed by atoms with van der Waals surface area (Å²) >= 11 is 0. The quantitative estimate of drug-likeness (QED) is 0.434. The van der Waals surface area contributed by atoms with Crippen LogP contribution in [0.2, 0.25) is 0 Å². The summed E-state index contributed by atoms with van der Waals surface area (Å²) in [5.74, 6) is 1.68. The molecule has 1 saturated carbocycles. The van der Waals surface area contributed by atoms with Gasteiger partial charge in [-0.3, -0.25) is 4.79 Å². The number of benzene rings is 3. The maximum absolute atomic E-state index is 12.1. The van der Waals surface area contributed by atoms with Crippen LogP contribution >= 0.6 is 0 Å². The van der Waals surface area contributed by atoms with Gasteiger partial charge in [0.05, 0.1) is 12.5 Å². The van der Waals surface area contributed by atoms with Crippen molar-refractivity contribution in [1.82, 2.24) is 0 Å². The van der Waals surface area contributed by atoms with Gasteiger partial charge in [0.25, 0.3) is 0 Å². The number of esters is 1. The van der Waals surface area contributed by atoms with Crippen LogP contribution in [0, 0.1) is 32.6 Å². The highest BCUT2D eigenvalue weighted by Crippen LogP contribution is 2.62. The van der Waals surface area contributed by atoms with Crippen LogP contribution in [0.25, 0.3) is 11.1 Å². The number of carbonyl (C=O) groups is 1. The Morgan fingerprint density at radius 3 is 2.50 bits per heavy atom. The number of ether oxygens (including phenoxy) is 2. The predicted octanol–water partition coefficient (Wildman–Crippen LogP) is 6.31. The van der Waals surface area contributed by atoms with Gasteiger partial charge in [-0.25, -0.2) is 0 Å². The van der Waals surface area contributed by atoms with Gasteiger partial charge in [-0.15, -0.1) is 0 Å². The molecule has 0 radical (unpaired) electrons. The number of fused-ring (bicyclic) bond motifs is 3. The van der Waals surface area contributed by atoms with Gasteiger partial charge in [0.15, 0.2) is 0 Å². The molecule has 3 atom stereocenters. The number of hydrogen-bond acceptors (Lipinski definition) is 3. The van der Waals surface area contributed by atoms with Crippen molar-refractivity contribution in [3.63, 3.8) is 0 Å². The summed E-state index contributed by atoms with van der Waals surface area (Å²) in [6.07, 6.45) is 0.946. The minimum absolute atomic E-state index is 0.0345. The van der Waals surface area contributed by atoms with Crippen molar-refractivity contribution >= 4 is 5.97 Å². The third-order valence-electron chi connectivity index (χ3n) is 7.25. The minimum atomic E-state index is -0.0345. The summed E-state index contributed by atoms with van der Waals surface area (Å²) in [6.45, 7) is 9.40. The van der Waals surface area contributed by atoms with Crippen LogP contribution in [0.4, 0.5) is 0 Å². The fourth-order valence-corrected chi connectivity index (χ4v) is 5.55. The Balaban J connectivity index is 1.31. The van der Waals surface area contributed by atoms with E-state index in [0.717, 1.165) is 12.2 Å². The molecule has 3 aromatic carbocycles. The highest BCUT2D eigenvalue weighted by atomic mass is 16.5. The molecule has 2 aliphatic carbocycles. The van der Waals surface area contributed by atoms with E-state index >= 15 is 0 Å². The van der Waals surface area contributed by atoms with E-state index in [0.29, 0.717) is 25.0 Å². The summed E-state index contributed by atoms with van der Waals surface area (Å²) in [4.78, 5) is 12.1. The van der Waals surface area contributed by atoms with Crippen molar-refractivity contribution in [3.05, 3.63) is 88.0 Å². The monoisotopic (exact) mass is 426 g/mol. The first-order chi connectivity index (χ1) is 15.5. The lowest BCUT2D eigenvalue weighted by Crippen LogP contribution is -2.11. The molecule has 3 aromatic rings. The van der Waals surface area contributed by atoms with Crippen LogP contribution < -0.4 is 4.74 Å². The molecule has 5 rings (SSSR count). The fourth-order valence-electron chi connectivity index (χ4n) is 5.55. The summed E-state index contributed by atoms with van der Waals surface area (Å²) in [7, 11) is 0. The molecule has 3 nitrogen and oxygen atoms in total. The zero-order valence-electron chi connectivity index (χ0n) is 19.3. The van der Waals surface area contributed by atoms with Gasteiger partial charge in [-0.05, 0) is 96.7 Å². The van der Waals surface area contributed by atoms with E-state index in [1.807, 2.05) is 13.0 Å². The summed E-state index contributed by atoms with van der Waals surface area (Å²) in [6, 6.07) is 19.3. The van der Waals surface area contributed by atoms with E-state index in [4.69, 9.17) is 9.47 Å². The van der Waals surface area contributed by atoms with E-state index in [2.05, 4.69) is 69.3 Å². The Morgan fingerprint density at radius 1 is 1.00 bits per heavy atom. The molecule has 0 bridgehead atoms. The van der Waals surface area contributed by atoms with Crippen molar-refractivity contribution in [2.45, 2.75) is 46.6 Å². The second kappa shape index (κ2) is 8.12. The zero-order valence-corrected chi connectivity index (χ0v) is 19.3. The van der Waals surface area contributed by atoms with Gasteiger partial charge < -0.3 is 9.47 Å². The van der Waals surface area contributed by atoms with E-state index in [1.165, 1.54) is 44.5 Å². The third kappa shape index (κ3) is 3.50. The van der Waals surface area contributed by atoms with E-state index in [1.54, 1.807) is 0 Å². The Labute approximate surface area is 190 Å². The number of rotatable bonds is 6. The SMILES string of the molecule is CCOC(=O)[C@H]1[C@@H]2Cc3cc(OCc4cccc(-c5c(C)cccc5C)c4C)ccc3[C@@H]21.